The van der Waals surface area contributed by atoms with Gasteiger partial charge in [0.15, 0.2) is 0 Å². The Morgan fingerprint density at radius 3 is 2.59 bits per heavy atom. The molecule has 0 radical (unpaired) electrons. The maximum atomic E-state index is 12.8. The number of rotatable bonds is 10. The van der Waals surface area contributed by atoms with Crippen molar-refractivity contribution in [3.05, 3.63) is 87.9 Å². The Hall–Kier alpha value is -3.27. The van der Waals surface area contributed by atoms with Gasteiger partial charge in [0.05, 0.1) is 35.1 Å². The molecule has 3 aromatic rings. The molecule has 2 aromatic carbocycles. The van der Waals surface area contributed by atoms with Crippen molar-refractivity contribution in [2.24, 2.45) is 5.92 Å². The molecule has 39 heavy (non-hydrogen) atoms. The van der Waals surface area contributed by atoms with Crippen molar-refractivity contribution in [1.82, 2.24) is 19.8 Å². The van der Waals surface area contributed by atoms with Crippen LogP contribution in [0.1, 0.15) is 16.8 Å². The number of carbonyl (C=O) groups excluding carboxylic acids is 3. The van der Waals surface area contributed by atoms with Crippen LogP contribution in [0.3, 0.4) is 0 Å². The summed E-state index contributed by atoms with van der Waals surface area (Å²) in [6, 6.07) is 12.7. The number of amides is 2. The van der Waals surface area contributed by atoms with E-state index in [2.05, 4.69) is 10.3 Å². The van der Waals surface area contributed by atoms with E-state index in [1.807, 2.05) is 53.4 Å². The number of hydrogen-bond acceptors (Lipinski definition) is 6. The fourth-order valence-corrected chi connectivity index (χ4v) is 5.32. The molecule has 1 aliphatic heterocycles. The first-order chi connectivity index (χ1) is 18.8. The van der Waals surface area contributed by atoms with Gasteiger partial charge in [0.2, 0.25) is 11.8 Å². The van der Waals surface area contributed by atoms with Crippen LogP contribution in [-0.4, -0.2) is 64.7 Å². The van der Waals surface area contributed by atoms with Gasteiger partial charge in [-0.05, 0) is 29.5 Å². The fourth-order valence-electron chi connectivity index (χ4n) is 4.15. The van der Waals surface area contributed by atoms with Gasteiger partial charge in [0, 0.05) is 43.2 Å². The average Bonchev–Trinajstić information content (AvgIpc) is 3.35. The van der Waals surface area contributed by atoms with Crippen LogP contribution in [0.25, 0.3) is 6.08 Å². The van der Waals surface area contributed by atoms with E-state index < -0.39 is 17.9 Å². The number of thioether (sulfide) groups is 1. The molecular weight excluding hydrogens is 559 g/mol. The third-order valence-corrected chi connectivity index (χ3v) is 8.16. The molecule has 1 saturated heterocycles. The number of imidazole rings is 1. The van der Waals surface area contributed by atoms with Crippen molar-refractivity contribution >= 4 is 58.8 Å². The number of likely N-dealkylation sites (tertiary alicyclic amines) is 1. The van der Waals surface area contributed by atoms with Gasteiger partial charge in [-0.25, -0.2) is 9.78 Å². The second-order valence-corrected chi connectivity index (χ2v) is 10.7. The first-order valence-electron chi connectivity index (χ1n) is 12.2. The summed E-state index contributed by atoms with van der Waals surface area (Å²) in [6.45, 7) is 1.13. The van der Waals surface area contributed by atoms with E-state index in [0.717, 1.165) is 10.5 Å². The lowest BCUT2D eigenvalue weighted by Crippen LogP contribution is -2.57. The Labute approximate surface area is 241 Å². The molecule has 0 bridgehead atoms. The molecule has 1 N–H and O–H groups in total. The van der Waals surface area contributed by atoms with Crippen LogP contribution in [0, 0.1) is 5.92 Å². The Morgan fingerprint density at radius 2 is 1.90 bits per heavy atom. The SMILES string of the molecule is COC(=O)[C@H](Cc1cn(Cc2ccccc2)cn1)NC(=O)C1CN(C(=O)/C=C/c2ccc(SC)c(Cl)c2Cl)C1. The lowest BCUT2D eigenvalue weighted by molar-refractivity contribution is -0.148. The molecular formula is C28H28Cl2N4O4S. The van der Waals surface area contributed by atoms with E-state index in [0.29, 0.717) is 27.8 Å². The largest absolute Gasteiger partial charge is 0.467 e. The molecule has 0 unspecified atom stereocenters. The van der Waals surface area contributed by atoms with Crippen molar-refractivity contribution in [3.8, 4) is 0 Å². The molecule has 1 aromatic heterocycles. The van der Waals surface area contributed by atoms with Crippen molar-refractivity contribution in [1.29, 1.82) is 0 Å². The minimum atomic E-state index is -0.886. The summed E-state index contributed by atoms with van der Waals surface area (Å²) >= 11 is 14.1. The van der Waals surface area contributed by atoms with E-state index in [-0.39, 0.29) is 31.3 Å². The third kappa shape index (κ3) is 7.23. The number of nitrogens with one attached hydrogen (secondary N) is 1. The molecule has 0 spiro atoms. The number of hydrogen-bond donors (Lipinski definition) is 1. The van der Waals surface area contributed by atoms with Crippen LogP contribution in [0.15, 0.2) is 66.0 Å². The lowest BCUT2D eigenvalue weighted by Gasteiger charge is -2.38. The number of halogens is 2. The van der Waals surface area contributed by atoms with E-state index in [4.69, 9.17) is 27.9 Å². The highest BCUT2D eigenvalue weighted by molar-refractivity contribution is 7.98. The van der Waals surface area contributed by atoms with Crippen molar-refractivity contribution < 1.29 is 19.1 Å². The van der Waals surface area contributed by atoms with Crippen molar-refractivity contribution in [3.63, 3.8) is 0 Å². The van der Waals surface area contributed by atoms with Gasteiger partial charge in [0.25, 0.3) is 0 Å². The fraction of sp³-hybridized carbons (Fsp3) is 0.286. The highest BCUT2D eigenvalue weighted by Crippen LogP contribution is 2.35. The summed E-state index contributed by atoms with van der Waals surface area (Å²) in [5, 5.41) is 3.59. The topological polar surface area (TPSA) is 93.5 Å². The molecule has 8 nitrogen and oxygen atoms in total. The molecule has 1 aliphatic rings. The summed E-state index contributed by atoms with van der Waals surface area (Å²) in [5.74, 6) is -1.54. The van der Waals surface area contributed by atoms with E-state index >= 15 is 0 Å². The summed E-state index contributed by atoms with van der Waals surface area (Å²) in [7, 11) is 1.28. The number of methoxy groups -OCH3 is 1. The smallest absolute Gasteiger partial charge is 0.328 e. The maximum Gasteiger partial charge on any atom is 0.328 e. The first-order valence-corrected chi connectivity index (χ1v) is 14.2. The molecule has 1 atom stereocenters. The number of ether oxygens (including phenoxy) is 1. The van der Waals surface area contributed by atoms with Crippen molar-refractivity contribution in [2.75, 3.05) is 26.5 Å². The molecule has 2 heterocycles. The van der Waals surface area contributed by atoms with Gasteiger partial charge < -0.3 is 19.5 Å². The summed E-state index contributed by atoms with van der Waals surface area (Å²) in [5.41, 5.74) is 2.41. The first kappa shape index (κ1) is 28.7. The van der Waals surface area contributed by atoms with Crippen LogP contribution in [0.2, 0.25) is 10.0 Å². The minimum Gasteiger partial charge on any atom is -0.467 e. The Balaban J connectivity index is 1.30. The second kappa shape index (κ2) is 13.2. The molecule has 0 saturated carbocycles. The molecule has 204 valence electrons. The van der Waals surface area contributed by atoms with Crippen LogP contribution < -0.4 is 5.32 Å². The number of esters is 1. The van der Waals surface area contributed by atoms with Crippen molar-refractivity contribution in [2.45, 2.75) is 23.9 Å². The minimum absolute atomic E-state index is 0.191. The van der Waals surface area contributed by atoms with Crippen LogP contribution in [0.5, 0.6) is 0 Å². The zero-order chi connectivity index (χ0) is 27.9. The van der Waals surface area contributed by atoms with Gasteiger partial charge in [0.1, 0.15) is 6.04 Å². The molecule has 4 rings (SSSR count). The number of nitrogens with zero attached hydrogens (tertiary/aromatic N) is 3. The highest BCUT2D eigenvalue weighted by atomic mass is 35.5. The monoisotopic (exact) mass is 586 g/mol. The zero-order valence-corrected chi connectivity index (χ0v) is 23.8. The summed E-state index contributed by atoms with van der Waals surface area (Å²) in [4.78, 5) is 44.6. The highest BCUT2D eigenvalue weighted by Gasteiger charge is 2.36. The van der Waals surface area contributed by atoms with Gasteiger partial charge >= 0.3 is 5.97 Å². The van der Waals surface area contributed by atoms with Crippen LogP contribution in [0.4, 0.5) is 0 Å². The van der Waals surface area contributed by atoms with Gasteiger partial charge in [-0.1, -0.05) is 59.6 Å². The van der Waals surface area contributed by atoms with Crippen LogP contribution in [-0.2, 0) is 32.1 Å². The van der Waals surface area contributed by atoms with Gasteiger partial charge in [-0.3, -0.25) is 9.59 Å². The van der Waals surface area contributed by atoms with Gasteiger partial charge in [-0.2, -0.15) is 0 Å². The molecule has 1 fully saturated rings. The summed E-state index contributed by atoms with van der Waals surface area (Å²) < 4.78 is 6.82. The lowest BCUT2D eigenvalue weighted by atomic mass is 9.98. The Kier molecular flexibility index (Phi) is 9.72. The number of benzene rings is 2. The van der Waals surface area contributed by atoms with Gasteiger partial charge in [-0.15, -0.1) is 11.8 Å². The second-order valence-electron chi connectivity index (χ2n) is 9.07. The predicted octanol–water partition coefficient (Wildman–Crippen LogP) is 4.33. The van der Waals surface area contributed by atoms with Crippen LogP contribution >= 0.6 is 35.0 Å². The summed E-state index contributed by atoms with van der Waals surface area (Å²) in [6.07, 6.45) is 8.66. The predicted molar refractivity (Wildman–Crippen MR) is 153 cm³/mol. The average molecular weight is 588 g/mol. The van der Waals surface area contributed by atoms with E-state index in [1.54, 1.807) is 23.4 Å². The normalized spacial score (nSPS) is 14.2. The zero-order valence-electron chi connectivity index (χ0n) is 21.5. The quantitative estimate of drug-likeness (QED) is 0.216. The van der Waals surface area contributed by atoms with E-state index in [9.17, 15) is 14.4 Å². The number of carbonyl (C=O) groups is 3. The Morgan fingerprint density at radius 1 is 1.15 bits per heavy atom. The molecule has 0 aliphatic carbocycles. The third-order valence-electron chi connectivity index (χ3n) is 6.38. The molecule has 11 heteroatoms. The van der Waals surface area contributed by atoms with E-state index in [1.165, 1.54) is 24.9 Å². The molecule has 2 amide bonds. The Bertz CT molecular complexity index is 1370. The standard InChI is InChI=1S/C28H28Cl2N4O4S/c1-38-28(37)22(12-21-16-33(17-31-21)13-18-6-4-3-5-7-18)32-27(36)20-14-34(15-20)24(35)11-9-19-8-10-23(39-2)26(30)25(19)29/h3-11,16-17,20,22H,12-15H2,1-2H3,(H,32,36)/b11-9+/t22-/m0/s1. The maximum absolute atomic E-state index is 12.8. The number of aromatic nitrogens is 2.